The molecule has 1 saturated heterocycles. The number of rotatable bonds is 4. The molecule has 0 radical (unpaired) electrons. The van der Waals surface area contributed by atoms with Crippen LogP contribution in [0.15, 0.2) is 29.8 Å². The zero-order valence-electron chi connectivity index (χ0n) is 17.1. The fourth-order valence-electron chi connectivity index (χ4n) is 4.11. The minimum absolute atomic E-state index is 0.0506. The van der Waals surface area contributed by atoms with Crippen molar-refractivity contribution in [2.75, 3.05) is 43.4 Å². The standard InChI is InChI=1S/C22H33N3O/c1-15(2)13-18-20(22(18,4)5)21(26)23-19-8-7-17(14-16(19)3)25-11-9-24(6)10-12-25/h7-8,13-14,18,20H,9-12H2,1-6H3,(H,23,26). The highest BCUT2D eigenvalue weighted by Crippen LogP contribution is 2.59. The molecular formula is C22H33N3O. The highest BCUT2D eigenvalue weighted by Gasteiger charge is 2.60. The molecule has 1 aromatic carbocycles. The predicted octanol–water partition coefficient (Wildman–Crippen LogP) is 3.92. The van der Waals surface area contributed by atoms with E-state index < -0.39 is 0 Å². The smallest absolute Gasteiger partial charge is 0.228 e. The van der Waals surface area contributed by atoms with E-state index in [4.69, 9.17) is 0 Å². The van der Waals surface area contributed by atoms with Crippen molar-refractivity contribution < 1.29 is 4.79 Å². The Hall–Kier alpha value is -1.81. The lowest BCUT2D eigenvalue weighted by Gasteiger charge is -2.34. The van der Waals surface area contributed by atoms with Crippen molar-refractivity contribution in [3.8, 4) is 0 Å². The summed E-state index contributed by atoms with van der Waals surface area (Å²) in [6, 6.07) is 6.40. The Kier molecular flexibility index (Phi) is 5.16. The lowest BCUT2D eigenvalue weighted by atomic mass is 10.1. The summed E-state index contributed by atoms with van der Waals surface area (Å²) < 4.78 is 0. The Morgan fingerprint density at radius 3 is 2.42 bits per heavy atom. The van der Waals surface area contributed by atoms with Gasteiger partial charge in [-0.15, -0.1) is 0 Å². The second kappa shape index (κ2) is 7.07. The zero-order chi connectivity index (χ0) is 19.1. The zero-order valence-corrected chi connectivity index (χ0v) is 17.1. The second-order valence-electron chi connectivity index (χ2n) is 8.85. The summed E-state index contributed by atoms with van der Waals surface area (Å²) in [6.45, 7) is 15.0. The van der Waals surface area contributed by atoms with Crippen LogP contribution < -0.4 is 10.2 Å². The quantitative estimate of drug-likeness (QED) is 0.832. The van der Waals surface area contributed by atoms with Crippen LogP contribution in [0.4, 0.5) is 11.4 Å². The monoisotopic (exact) mass is 355 g/mol. The van der Waals surface area contributed by atoms with Crippen molar-refractivity contribution in [1.82, 2.24) is 4.90 Å². The van der Waals surface area contributed by atoms with Crippen LogP contribution in [0.1, 0.15) is 33.3 Å². The maximum Gasteiger partial charge on any atom is 0.228 e. The minimum Gasteiger partial charge on any atom is -0.369 e. The van der Waals surface area contributed by atoms with Gasteiger partial charge in [-0.2, -0.15) is 0 Å². The number of hydrogen-bond donors (Lipinski definition) is 1. The maximum atomic E-state index is 12.8. The Morgan fingerprint density at radius 2 is 1.85 bits per heavy atom. The van der Waals surface area contributed by atoms with E-state index in [9.17, 15) is 4.79 Å². The molecule has 4 nitrogen and oxygen atoms in total. The Labute approximate surface area is 158 Å². The van der Waals surface area contributed by atoms with Crippen molar-refractivity contribution in [3.05, 3.63) is 35.4 Å². The van der Waals surface area contributed by atoms with Gasteiger partial charge in [0, 0.05) is 37.6 Å². The molecule has 0 bridgehead atoms. The summed E-state index contributed by atoms with van der Waals surface area (Å²) >= 11 is 0. The molecule has 2 aliphatic rings. The van der Waals surface area contributed by atoms with E-state index in [1.807, 2.05) is 0 Å². The van der Waals surface area contributed by atoms with Crippen LogP contribution >= 0.6 is 0 Å². The number of aryl methyl sites for hydroxylation is 1. The second-order valence-corrected chi connectivity index (χ2v) is 8.85. The van der Waals surface area contributed by atoms with Crippen LogP contribution in [0.25, 0.3) is 0 Å². The molecule has 142 valence electrons. The fraction of sp³-hybridized carbons (Fsp3) is 0.591. The molecule has 2 atom stereocenters. The van der Waals surface area contributed by atoms with E-state index in [1.165, 1.54) is 11.3 Å². The average Bonchev–Trinajstić information content (AvgIpc) is 3.09. The average molecular weight is 356 g/mol. The van der Waals surface area contributed by atoms with Crippen molar-refractivity contribution >= 4 is 17.3 Å². The number of nitrogens with one attached hydrogen (secondary N) is 1. The molecule has 1 heterocycles. The lowest BCUT2D eigenvalue weighted by molar-refractivity contribution is -0.118. The van der Waals surface area contributed by atoms with Crippen LogP contribution in [-0.4, -0.2) is 44.0 Å². The summed E-state index contributed by atoms with van der Waals surface area (Å²) in [5, 5.41) is 3.17. The van der Waals surface area contributed by atoms with Gasteiger partial charge in [-0.3, -0.25) is 4.79 Å². The molecule has 1 amide bonds. The van der Waals surface area contributed by atoms with Crippen LogP contribution in [0, 0.1) is 24.2 Å². The van der Waals surface area contributed by atoms with Crippen molar-refractivity contribution in [3.63, 3.8) is 0 Å². The summed E-state index contributed by atoms with van der Waals surface area (Å²) in [5.74, 6) is 0.555. The van der Waals surface area contributed by atoms with E-state index in [-0.39, 0.29) is 17.2 Å². The van der Waals surface area contributed by atoms with Gasteiger partial charge in [-0.25, -0.2) is 0 Å². The van der Waals surface area contributed by atoms with E-state index in [0.717, 1.165) is 37.4 Å². The first-order chi connectivity index (χ1) is 12.2. The number of carbonyl (C=O) groups is 1. The first-order valence-corrected chi connectivity index (χ1v) is 9.70. The molecule has 1 aromatic rings. The largest absolute Gasteiger partial charge is 0.369 e. The Balaban J connectivity index is 1.67. The van der Waals surface area contributed by atoms with Gasteiger partial charge in [0.25, 0.3) is 0 Å². The van der Waals surface area contributed by atoms with Gasteiger partial charge >= 0.3 is 0 Å². The lowest BCUT2D eigenvalue weighted by Crippen LogP contribution is -2.44. The number of allylic oxidation sites excluding steroid dienone is 2. The minimum atomic E-state index is 0.0506. The number of carbonyl (C=O) groups excluding carboxylic acids is 1. The van der Waals surface area contributed by atoms with E-state index in [0.29, 0.717) is 5.92 Å². The fourth-order valence-corrected chi connectivity index (χ4v) is 4.11. The van der Waals surface area contributed by atoms with Crippen molar-refractivity contribution in [1.29, 1.82) is 0 Å². The molecule has 1 aliphatic heterocycles. The van der Waals surface area contributed by atoms with Gasteiger partial charge in [0.2, 0.25) is 5.91 Å². The normalized spacial score (nSPS) is 24.9. The van der Waals surface area contributed by atoms with Gasteiger partial charge < -0.3 is 15.1 Å². The molecule has 3 rings (SSSR count). The van der Waals surface area contributed by atoms with Gasteiger partial charge in [0.05, 0.1) is 5.92 Å². The molecule has 4 heteroatoms. The highest BCUT2D eigenvalue weighted by atomic mass is 16.2. The molecule has 1 saturated carbocycles. The Morgan fingerprint density at radius 1 is 1.19 bits per heavy atom. The van der Waals surface area contributed by atoms with E-state index >= 15 is 0 Å². The predicted molar refractivity (Wildman–Crippen MR) is 110 cm³/mol. The Bertz CT molecular complexity index is 710. The van der Waals surface area contributed by atoms with Crippen molar-refractivity contribution in [2.24, 2.45) is 17.3 Å². The van der Waals surface area contributed by atoms with Gasteiger partial charge in [0.15, 0.2) is 0 Å². The number of amides is 1. The molecule has 2 unspecified atom stereocenters. The molecular weight excluding hydrogens is 322 g/mol. The third-order valence-corrected chi connectivity index (χ3v) is 6.04. The van der Waals surface area contributed by atoms with Crippen LogP contribution in [0.5, 0.6) is 0 Å². The van der Waals surface area contributed by atoms with E-state index in [2.05, 4.69) is 81.1 Å². The maximum absolute atomic E-state index is 12.8. The van der Waals surface area contributed by atoms with Gasteiger partial charge in [-0.05, 0) is 62.9 Å². The number of hydrogen-bond acceptors (Lipinski definition) is 3. The van der Waals surface area contributed by atoms with Crippen LogP contribution in [-0.2, 0) is 4.79 Å². The first-order valence-electron chi connectivity index (χ1n) is 9.70. The van der Waals surface area contributed by atoms with E-state index in [1.54, 1.807) is 0 Å². The summed E-state index contributed by atoms with van der Waals surface area (Å²) in [5.41, 5.74) is 4.65. The molecule has 0 spiro atoms. The van der Waals surface area contributed by atoms with Crippen LogP contribution in [0.2, 0.25) is 0 Å². The summed E-state index contributed by atoms with van der Waals surface area (Å²) in [4.78, 5) is 17.6. The number of likely N-dealkylation sites (N-methyl/N-ethyl adjacent to an activating group) is 1. The third-order valence-electron chi connectivity index (χ3n) is 6.04. The molecule has 26 heavy (non-hydrogen) atoms. The molecule has 1 N–H and O–H groups in total. The summed E-state index contributed by atoms with van der Waals surface area (Å²) in [7, 11) is 2.17. The highest BCUT2D eigenvalue weighted by molar-refractivity contribution is 5.96. The molecule has 0 aromatic heterocycles. The number of piperazine rings is 1. The number of benzene rings is 1. The van der Waals surface area contributed by atoms with Crippen LogP contribution in [0.3, 0.4) is 0 Å². The van der Waals surface area contributed by atoms with Gasteiger partial charge in [-0.1, -0.05) is 25.5 Å². The SMILES string of the molecule is CC(C)=CC1C(C(=O)Nc2ccc(N3CCN(C)CC3)cc2C)C1(C)C. The number of nitrogens with zero attached hydrogens (tertiary/aromatic N) is 2. The van der Waals surface area contributed by atoms with Gasteiger partial charge in [0.1, 0.15) is 0 Å². The number of anilines is 2. The third kappa shape index (κ3) is 3.80. The molecule has 1 aliphatic carbocycles. The summed E-state index contributed by atoms with van der Waals surface area (Å²) in [6.07, 6.45) is 2.24. The molecule has 2 fully saturated rings. The first kappa shape index (κ1) is 19.0. The topological polar surface area (TPSA) is 35.6 Å². The van der Waals surface area contributed by atoms with Crippen molar-refractivity contribution in [2.45, 2.75) is 34.6 Å².